The van der Waals surface area contributed by atoms with Gasteiger partial charge in [-0.25, -0.2) is 9.47 Å². The smallest absolute Gasteiger partial charge is 0.315 e. The van der Waals surface area contributed by atoms with E-state index in [-0.39, 0.29) is 11.8 Å². The van der Waals surface area contributed by atoms with Crippen LogP contribution in [0.3, 0.4) is 0 Å². The fourth-order valence-corrected chi connectivity index (χ4v) is 6.46. The summed E-state index contributed by atoms with van der Waals surface area (Å²) in [7, 11) is -0.0563. The fraction of sp³-hybridized carbons (Fsp3) is 0.238. The molecule has 2 aromatic carbocycles. The third-order valence-electron chi connectivity index (χ3n) is 4.79. The van der Waals surface area contributed by atoms with E-state index in [1.807, 2.05) is 12.1 Å². The number of hydrogen-bond donors (Lipinski definition) is 0. The highest BCUT2D eigenvalue weighted by atomic mass is 31.2. The molecule has 3 rings (SSSR count). The van der Waals surface area contributed by atoms with Gasteiger partial charge in [0.05, 0.1) is 5.69 Å². The van der Waals surface area contributed by atoms with Gasteiger partial charge in [-0.1, -0.05) is 60.7 Å². The first-order chi connectivity index (χ1) is 13.3. The van der Waals surface area contributed by atoms with Gasteiger partial charge in [-0.2, -0.15) is 0 Å². The summed E-state index contributed by atoms with van der Waals surface area (Å²) in [4.78, 5) is 26.2. The molecule has 146 valence electrons. The van der Waals surface area contributed by atoms with Crippen LogP contribution in [-0.4, -0.2) is 23.3 Å². The Bertz CT molecular complexity index is 1110. The molecule has 0 saturated heterocycles. The molecule has 28 heavy (non-hydrogen) atoms. The zero-order valence-corrected chi connectivity index (χ0v) is 17.4. The largest absolute Gasteiger partial charge is 0.349 e. The standard InChI is InChI=1S/C21H24N3O3P/c1-5-23-20(25)19(16(2)24(21(23)26)22(3)4)28(27,17-12-8-6-9-13-17)18-14-10-7-11-15-18/h6-15H,5H2,1-4H3. The van der Waals surface area contributed by atoms with Crippen molar-refractivity contribution in [1.29, 1.82) is 0 Å². The normalized spacial score (nSPS) is 11.4. The van der Waals surface area contributed by atoms with E-state index in [2.05, 4.69) is 0 Å². The van der Waals surface area contributed by atoms with Crippen LogP contribution in [0, 0.1) is 6.92 Å². The second kappa shape index (κ2) is 7.64. The van der Waals surface area contributed by atoms with Gasteiger partial charge in [0.15, 0.2) is 7.14 Å². The zero-order chi connectivity index (χ0) is 20.5. The van der Waals surface area contributed by atoms with E-state index in [4.69, 9.17) is 0 Å². The molecule has 0 unspecified atom stereocenters. The molecule has 0 aliphatic carbocycles. The van der Waals surface area contributed by atoms with Crippen molar-refractivity contribution in [3.8, 4) is 0 Å². The van der Waals surface area contributed by atoms with Crippen molar-refractivity contribution in [3.63, 3.8) is 0 Å². The Morgan fingerprint density at radius 1 is 0.893 bits per heavy atom. The van der Waals surface area contributed by atoms with Crippen molar-refractivity contribution < 1.29 is 4.57 Å². The summed E-state index contributed by atoms with van der Waals surface area (Å²) in [6, 6.07) is 18.0. The lowest BCUT2D eigenvalue weighted by Gasteiger charge is -2.26. The monoisotopic (exact) mass is 397 g/mol. The molecule has 6 nitrogen and oxygen atoms in total. The van der Waals surface area contributed by atoms with Crippen molar-refractivity contribution >= 4 is 23.1 Å². The molecule has 0 N–H and O–H groups in total. The van der Waals surface area contributed by atoms with Gasteiger partial charge in [0.25, 0.3) is 5.56 Å². The van der Waals surface area contributed by atoms with Crippen LogP contribution in [0.4, 0.5) is 0 Å². The van der Waals surface area contributed by atoms with Crippen molar-refractivity contribution in [3.05, 3.63) is 87.2 Å². The van der Waals surface area contributed by atoms with E-state index < -0.39 is 18.4 Å². The van der Waals surface area contributed by atoms with Crippen molar-refractivity contribution in [1.82, 2.24) is 9.24 Å². The maximum absolute atomic E-state index is 14.7. The lowest BCUT2D eigenvalue weighted by molar-refractivity contribution is 0.567. The van der Waals surface area contributed by atoms with Gasteiger partial charge in [-0.3, -0.25) is 9.36 Å². The van der Waals surface area contributed by atoms with E-state index in [0.717, 1.165) is 4.57 Å². The second-order valence-electron chi connectivity index (χ2n) is 6.71. The quantitative estimate of drug-likeness (QED) is 0.607. The number of hydrogen-bond acceptors (Lipinski definition) is 4. The van der Waals surface area contributed by atoms with Crippen molar-refractivity contribution in [2.24, 2.45) is 0 Å². The Hall–Kier alpha value is -2.85. The van der Waals surface area contributed by atoms with Gasteiger partial charge in [0.2, 0.25) is 0 Å². The highest BCUT2D eigenvalue weighted by Gasteiger charge is 2.36. The molecular weight excluding hydrogens is 373 g/mol. The van der Waals surface area contributed by atoms with Gasteiger partial charge in [-0.05, 0) is 13.8 Å². The highest BCUT2D eigenvalue weighted by molar-refractivity contribution is 7.85. The van der Waals surface area contributed by atoms with Crippen molar-refractivity contribution in [2.45, 2.75) is 20.4 Å². The average Bonchev–Trinajstić information content (AvgIpc) is 2.69. The van der Waals surface area contributed by atoms with Gasteiger partial charge < -0.3 is 9.57 Å². The third kappa shape index (κ3) is 3.04. The van der Waals surface area contributed by atoms with E-state index in [1.54, 1.807) is 81.5 Å². The Balaban J connectivity index is 2.54. The topological polar surface area (TPSA) is 64.3 Å². The minimum absolute atomic E-state index is 0.167. The number of benzene rings is 2. The summed E-state index contributed by atoms with van der Waals surface area (Å²) in [6.07, 6.45) is 0. The number of nitrogens with zero attached hydrogens (tertiary/aromatic N) is 3. The Labute approximate surface area is 164 Å². The zero-order valence-electron chi connectivity index (χ0n) is 16.5. The predicted octanol–water partition coefficient (Wildman–Crippen LogP) is 1.18. The molecule has 3 aromatic rings. The van der Waals surface area contributed by atoms with Gasteiger partial charge in [0, 0.05) is 31.2 Å². The minimum atomic E-state index is -3.50. The molecule has 0 amide bonds. The summed E-state index contributed by atoms with van der Waals surface area (Å²) in [5.74, 6) is 0. The summed E-state index contributed by atoms with van der Waals surface area (Å²) >= 11 is 0. The summed E-state index contributed by atoms with van der Waals surface area (Å²) in [6.45, 7) is 3.61. The maximum Gasteiger partial charge on any atom is 0.349 e. The number of aromatic nitrogens is 2. The van der Waals surface area contributed by atoms with Crippen LogP contribution in [0.5, 0.6) is 0 Å². The molecule has 7 heteroatoms. The first-order valence-corrected chi connectivity index (χ1v) is 10.8. The van der Waals surface area contributed by atoms with Crippen molar-refractivity contribution in [2.75, 3.05) is 19.1 Å². The Morgan fingerprint density at radius 3 is 1.75 bits per heavy atom. The summed E-state index contributed by atoms with van der Waals surface area (Å²) < 4.78 is 17.2. The van der Waals surface area contributed by atoms with Crippen LogP contribution < -0.4 is 32.2 Å². The molecular formula is C21H24N3O3P. The number of rotatable bonds is 5. The van der Waals surface area contributed by atoms with Gasteiger partial charge in [-0.15, -0.1) is 0 Å². The van der Waals surface area contributed by atoms with Gasteiger partial charge in [0.1, 0.15) is 5.30 Å². The van der Waals surface area contributed by atoms with Crippen LogP contribution in [0.2, 0.25) is 0 Å². The molecule has 0 atom stereocenters. The fourth-order valence-electron chi connectivity index (χ4n) is 3.52. The van der Waals surface area contributed by atoms with E-state index in [1.165, 1.54) is 4.68 Å². The first kappa shape index (κ1) is 19.9. The molecule has 1 heterocycles. The molecule has 0 radical (unpaired) electrons. The lowest BCUT2D eigenvalue weighted by Crippen LogP contribution is -2.54. The molecule has 0 aliphatic rings. The second-order valence-corrected chi connectivity index (χ2v) is 9.40. The average molecular weight is 397 g/mol. The summed E-state index contributed by atoms with van der Waals surface area (Å²) in [5, 5.41) is 2.90. The molecule has 0 bridgehead atoms. The molecule has 0 saturated carbocycles. The summed E-state index contributed by atoms with van der Waals surface area (Å²) in [5.41, 5.74) is -0.550. The van der Waals surface area contributed by atoms with Crippen LogP contribution in [0.25, 0.3) is 0 Å². The van der Waals surface area contributed by atoms with Crippen LogP contribution in [-0.2, 0) is 11.1 Å². The van der Waals surface area contributed by atoms with Crippen LogP contribution in [0.1, 0.15) is 12.6 Å². The van der Waals surface area contributed by atoms with E-state index in [9.17, 15) is 14.2 Å². The third-order valence-corrected chi connectivity index (χ3v) is 7.99. The molecule has 0 aliphatic heterocycles. The molecule has 0 spiro atoms. The Morgan fingerprint density at radius 2 is 1.36 bits per heavy atom. The first-order valence-electron chi connectivity index (χ1n) is 9.10. The predicted molar refractivity (Wildman–Crippen MR) is 115 cm³/mol. The Kier molecular flexibility index (Phi) is 5.43. The lowest BCUT2D eigenvalue weighted by atomic mass is 10.4. The maximum atomic E-state index is 14.7. The highest BCUT2D eigenvalue weighted by Crippen LogP contribution is 2.41. The van der Waals surface area contributed by atoms with Gasteiger partial charge >= 0.3 is 5.69 Å². The van der Waals surface area contributed by atoms with E-state index >= 15 is 0 Å². The SMILES string of the molecule is CCn1c(=O)c(P(=O)(c2ccccc2)c2ccccc2)c(C)n(N(C)C)c1=O. The minimum Gasteiger partial charge on any atom is -0.315 e. The van der Waals surface area contributed by atoms with Crippen LogP contribution >= 0.6 is 7.14 Å². The van der Waals surface area contributed by atoms with Crippen LogP contribution in [0.15, 0.2) is 70.3 Å². The molecule has 1 aromatic heterocycles. The van der Waals surface area contributed by atoms with E-state index in [0.29, 0.717) is 16.3 Å². The molecule has 0 fully saturated rings.